The monoisotopic (exact) mass is 252 g/mol. The summed E-state index contributed by atoms with van der Waals surface area (Å²) in [5.41, 5.74) is -0.555. The van der Waals surface area contributed by atoms with Crippen molar-refractivity contribution in [3.63, 3.8) is 0 Å². The van der Waals surface area contributed by atoms with Crippen LogP contribution in [-0.2, 0) is 17.4 Å². The van der Waals surface area contributed by atoms with Crippen LogP contribution in [0.4, 0.5) is 13.2 Å². The third-order valence-electron chi connectivity index (χ3n) is 1.71. The number of pyridine rings is 1. The normalized spacial score (nSPS) is 12.1. The van der Waals surface area contributed by atoms with Gasteiger partial charge in [-0.1, -0.05) is 16.8 Å². The minimum atomic E-state index is -4.43. The van der Waals surface area contributed by atoms with Crippen molar-refractivity contribution in [3.8, 4) is 0 Å². The van der Waals surface area contributed by atoms with Crippen LogP contribution in [0.5, 0.6) is 0 Å². The molecular weight excluding hydrogens is 245 g/mol. The number of hydrogen-bond acceptors (Lipinski definition) is 3. The highest BCUT2D eigenvalue weighted by Gasteiger charge is 2.31. The lowest BCUT2D eigenvalue weighted by atomic mass is 10.2. The van der Waals surface area contributed by atoms with Crippen molar-refractivity contribution in [2.75, 3.05) is 7.11 Å². The first-order valence-electron chi connectivity index (χ1n) is 4.21. The molecule has 0 atom stereocenters. The molecule has 7 heteroatoms. The zero-order chi connectivity index (χ0) is 12.2. The van der Waals surface area contributed by atoms with Crippen molar-refractivity contribution >= 4 is 17.8 Å². The van der Waals surface area contributed by atoms with E-state index in [2.05, 4.69) is 15.0 Å². The molecule has 1 aromatic heterocycles. The maximum Gasteiger partial charge on any atom is 0.417 e. The highest BCUT2D eigenvalue weighted by molar-refractivity contribution is 6.31. The number of nitrogens with zero attached hydrogens (tertiary/aromatic N) is 2. The van der Waals surface area contributed by atoms with Crippen molar-refractivity contribution in [2.24, 2.45) is 5.16 Å². The van der Waals surface area contributed by atoms with Crippen LogP contribution in [0.3, 0.4) is 0 Å². The van der Waals surface area contributed by atoms with Gasteiger partial charge >= 0.3 is 6.18 Å². The molecule has 3 nitrogen and oxygen atoms in total. The molecule has 0 N–H and O–H groups in total. The summed E-state index contributed by atoms with van der Waals surface area (Å²) in [7, 11) is 1.36. The van der Waals surface area contributed by atoms with Gasteiger partial charge in [-0.3, -0.25) is 4.98 Å². The molecule has 0 saturated carbocycles. The summed E-state index contributed by atoms with van der Waals surface area (Å²) in [6.45, 7) is 0. The van der Waals surface area contributed by atoms with E-state index in [1.807, 2.05) is 0 Å². The van der Waals surface area contributed by atoms with Crippen molar-refractivity contribution in [1.29, 1.82) is 0 Å². The predicted molar refractivity (Wildman–Crippen MR) is 53.5 cm³/mol. The second-order valence-corrected chi connectivity index (χ2v) is 3.23. The molecular formula is C9H8ClF3N2O. The Morgan fingerprint density at radius 3 is 2.75 bits per heavy atom. The lowest BCUT2D eigenvalue weighted by molar-refractivity contribution is -0.137. The van der Waals surface area contributed by atoms with Crippen LogP contribution in [0.25, 0.3) is 0 Å². The predicted octanol–water partition coefficient (Wildman–Crippen LogP) is 2.93. The molecule has 0 aliphatic carbocycles. The van der Waals surface area contributed by atoms with E-state index in [9.17, 15) is 13.2 Å². The molecule has 1 aromatic rings. The van der Waals surface area contributed by atoms with E-state index < -0.39 is 11.7 Å². The van der Waals surface area contributed by atoms with E-state index >= 15 is 0 Å². The fourth-order valence-corrected chi connectivity index (χ4v) is 1.21. The minimum absolute atomic E-state index is 0.0441. The SMILES string of the molecule is CON=CCc1ncc(C(F)(F)F)cc1Cl. The van der Waals surface area contributed by atoms with Gasteiger partial charge in [-0.25, -0.2) is 0 Å². The molecule has 0 saturated heterocycles. The number of rotatable bonds is 3. The first-order chi connectivity index (χ1) is 7.45. The van der Waals surface area contributed by atoms with Crippen molar-refractivity contribution in [3.05, 3.63) is 28.5 Å². The number of alkyl halides is 3. The van der Waals surface area contributed by atoms with Crippen LogP contribution >= 0.6 is 11.6 Å². The Balaban J connectivity index is 2.88. The van der Waals surface area contributed by atoms with Crippen molar-refractivity contribution in [2.45, 2.75) is 12.6 Å². The molecule has 0 bridgehead atoms. The highest BCUT2D eigenvalue weighted by atomic mass is 35.5. The number of oxime groups is 1. The van der Waals surface area contributed by atoms with Gasteiger partial charge < -0.3 is 4.84 Å². The first-order valence-corrected chi connectivity index (χ1v) is 4.59. The van der Waals surface area contributed by atoms with Gasteiger partial charge in [0.2, 0.25) is 0 Å². The second kappa shape index (κ2) is 5.16. The molecule has 0 aliphatic rings. The van der Waals surface area contributed by atoms with Gasteiger partial charge in [-0.15, -0.1) is 0 Å². The third-order valence-corrected chi connectivity index (χ3v) is 2.04. The minimum Gasteiger partial charge on any atom is -0.399 e. The van der Waals surface area contributed by atoms with Crippen LogP contribution in [-0.4, -0.2) is 18.3 Å². The molecule has 1 heterocycles. The Morgan fingerprint density at radius 1 is 1.56 bits per heavy atom. The summed E-state index contributed by atoms with van der Waals surface area (Å²) in [4.78, 5) is 8.02. The second-order valence-electron chi connectivity index (χ2n) is 2.82. The Kier molecular flexibility index (Phi) is 4.12. The van der Waals surface area contributed by atoms with E-state index in [1.54, 1.807) is 0 Å². The Bertz CT molecular complexity index is 393. The first kappa shape index (κ1) is 12.8. The molecule has 0 fully saturated rings. The fraction of sp³-hybridized carbons (Fsp3) is 0.333. The van der Waals surface area contributed by atoms with E-state index in [1.165, 1.54) is 13.3 Å². The van der Waals surface area contributed by atoms with Crippen molar-refractivity contribution < 1.29 is 18.0 Å². The number of aromatic nitrogens is 1. The van der Waals surface area contributed by atoms with Gasteiger partial charge in [0.25, 0.3) is 0 Å². The molecule has 0 aromatic carbocycles. The van der Waals surface area contributed by atoms with Crippen LogP contribution < -0.4 is 0 Å². The zero-order valence-corrected chi connectivity index (χ0v) is 9.01. The van der Waals surface area contributed by atoms with Gasteiger partial charge in [0, 0.05) is 18.8 Å². The molecule has 16 heavy (non-hydrogen) atoms. The summed E-state index contributed by atoms with van der Waals surface area (Å²) in [5.74, 6) is 0. The third kappa shape index (κ3) is 3.37. The van der Waals surface area contributed by atoms with Crippen LogP contribution in [0, 0.1) is 0 Å². The van der Waals surface area contributed by atoms with Gasteiger partial charge in [0.1, 0.15) is 7.11 Å². The van der Waals surface area contributed by atoms with Crippen molar-refractivity contribution in [1.82, 2.24) is 4.98 Å². The highest BCUT2D eigenvalue weighted by Crippen LogP contribution is 2.30. The Hall–Kier alpha value is -1.30. The molecule has 1 rings (SSSR count). The standard InChI is InChI=1S/C9H8ClF3N2O/c1-16-15-3-2-8-7(10)4-6(5-14-8)9(11,12)13/h3-5H,2H2,1H3. The lowest BCUT2D eigenvalue weighted by Crippen LogP contribution is -2.06. The maximum absolute atomic E-state index is 12.3. The van der Waals surface area contributed by atoms with E-state index in [4.69, 9.17) is 11.6 Å². The topological polar surface area (TPSA) is 34.5 Å². The molecule has 88 valence electrons. The van der Waals surface area contributed by atoms with Crippen LogP contribution in [0.15, 0.2) is 17.4 Å². The Labute approximate surface area is 94.9 Å². The zero-order valence-electron chi connectivity index (χ0n) is 8.25. The lowest BCUT2D eigenvalue weighted by Gasteiger charge is -2.07. The molecule has 0 amide bonds. The fourth-order valence-electron chi connectivity index (χ4n) is 0.970. The van der Waals surface area contributed by atoms with Crippen LogP contribution in [0.1, 0.15) is 11.3 Å². The summed E-state index contributed by atoms with van der Waals surface area (Å²) in [6.07, 6.45) is -2.12. The van der Waals surface area contributed by atoms with Crippen LogP contribution in [0.2, 0.25) is 5.02 Å². The molecule has 0 radical (unpaired) electrons. The average molecular weight is 253 g/mol. The van der Waals surface area contributed by atoms with Gasteiger partial charge in [-0.05, 0) is 6.07 Å². The van der Waals surface area contributed by atoms with Gasteiger partial charge in [-0.2, -0.15) is 13.2 Å². The molecule has 0 spiro atoms. The number of hydrogen-bond donors (Lipinski definition) is 0. The number of halogens is 4. The van der Waals surface area contributed by atoms with Gasteiger partial charge in [0.05, 0.1) is 16.3 Å². The van der Waals surface area contributed by atoms with Gasteiger partial charge in [0.15, 0.2) is 0 Å². The Morgan fingerprint density at radius 2 is 2.25 bits per heavy atom. The van der Waals surface area contributed by atoms with E-state index in [-0.39, 0.29) is 11.4 Å². The molecule has 0 aliphatic heterocycles. The van der Waals surface area contributed by atoms with E-state index in [0.29, 0.717) is 5.69 Å². The maximum atomic E-state index is 12.3. The summed E-state index contributed by atoms with van der Waals surface area (Å²) >= 11 is 5.65. The smallest absolute Gasteiger partial charge is 0.399 e. The summed E-state index contributed by atoms with van der Waals surface area (Å²) in [6, 6.07) is 0.838. The quantitative estimate of drug-likeness (QED) is 0.612. The molecule has 0 unspecified atom stereocenters. The van der Waals surface area contributed by atoms with E-state index in [0.717, 1.165) is 12.3 Å². The summed E-state index contributed by atoms with van der Waals surface area (Å²) < 4.78 is 36.8. The average Bonchev–Trinajstić information content (AvgIpc) is 2.19. The largest absolute Gasteiger partial charge is 0.417 e. The summed E-state index contributed by atoms with van der Waals surface area (Å²) in [5, 5.41) is 3.39.